The topological polar surface area (TPSA) is 24.8 Å². The van der Waals surface area contributed by atoms with Crippen LogP contribution in [0.3, 0.4) is 0 Å². The summed E-state index contributed by atoms with van der Waals surface area (Å²) >= 11 is 0. The molecule has 0 unspecified atom stereocenters. The number of aryl methyl sites for hydroxylation is 1. The molecule has 1 aliphatic heterocycles. The van der Waals surface area contributed by atoms with E-state index in [4.69, 9.17) is 4.74 Å². The fourth-order valence-corrected chi connectivity index (χ4v) is 3.75. The molecular formula is C22H28N2O. The summed E-state index contributed by atoms with van der Waals surface area (Å²) in [5, 5.41) is 0. The monoisotopic (exact) mass is 336 g/mol. The van der Waals surface area contributed by atoms with Crippen molar-refractivity contribution in [3.8, 4) is 5.75 Å². The molecule has 2 aromatic rings. The van der Waals surface area contributed by atoms with Crippen molar-refractivity contribution in [1.29, 1.82) is 0 Å². The minimum atomic E-state index is 0.186. The van der Waals surface area contributed by atoms with Gasteiger partial charge in [-0.1, -0.05) is 19.1 Å². The van der Waals surface area contributed by atoms with E-state index in [1.54, 1.807) is 7.11 Å². The van der Waals surface area contributed by atoms with Crippen LogP contribution in [0.25, 0.3) is 0 Å². The number of benzene rings is 2. The van der Waals surface area contributed by atoms with Gasteiger partial charge in [0.05, 0.1) is 7.11 Å². The van der Waals surface area contributed by atoms with E-state index < -0.39 is 0 Å². The molecule has 0 spiro atoms. The maximum atomic E-state index is 5.39. The third-order valence-electron chi connectivity index (χ3n) is 5.45. The molecule has 1 heterocycles. The lowest BCUT2D eigenvalue weighted by molar-refractivity contribution is 0.395. The first-order valence-corrected chi connectivity index (χ1v) is 8.89. The smallest absolute Gasteiger partial charge is 0.144 e. The van der Waals surface area contributed by atoms with Crippen LogP contribution in [0.1, 0.15) is 49.8 Å². The number of rotatable bonds is 3. The summed E-state index contributed by atoms with van der Waals surface area (Å²) in [5.74, 6) is 1.34. The van der Waals surface area contributed by atoms with Crippen molar-refractivity contribution in [3.05, 3.63) is 53.1 Å². The largest absolute Gasteiger partial charge is 0.494 e. The van der Waals surface area contributed by atoms with Crippen LogP contribution in [0.4, 0.5) is 11.4 Å². The molecule has 0 radical (unpaired) electrons. The van der Waals surface area contributed by atoms with E-state index in [1.165, 1.54) is 22.4 Å². The summed E-state index contributed by atoms with van der Waals surface area (Å²) < 4.78 is 5.39. The molecule has 0 fully saturated rings. The summed E-state index contributed by atoms with van der Waals surface area (Å²) in [6.45, 7) is 9.12. The molecule has 25 heavy (non-hydrogen) atoms. The Morgan fingerprint density at radius 2 is 1.96 bits per heavy atom. The first kappa shape index (κ1) is 17.5. The second-order valence-electron chi connectivity index (χ2n) is 7.67. The van der Waals surface area contributed by atoms with E-state index in [1.807, 2.05) is 30.5 Å². The Labute approximate surface area is 151 Å². The van der Waals surface area contributed by atoms with Crippen molar-refractivity contribution in [1.82, 2.24) is 0 Å². The van der Waals surface area contributed by atoms with Gasteiger partial charge in [0.1, 0.15) is 11.4 Å². The molecule has 2 aromatic carbocycles. The number of aliphatic imine (C=N–C) groups is 1. The lowest BCUT2D eigenvalue weighted by atomic mass is 9.79. The van der Waals surface area contributed by atoms with Gasteiger partial charge in [0.2, 0.25) is 0 Å². The maximum absolute atomic E-state index is 5.39. The Kier molecular flexibility index (Phi) is 4.59. The normalized spacial score (nSPS) is 19.1. The molecular weight excluding hydrogens is 308 g/mol. The van der Waals surface area contributed by atoms with Crippen molar-refractivity contribution in [2.45, 2.75) is 45.6 Å². The molecule has 0 aliphatic carbocycles. The molecule has 3 heteroatoms. The highest BCUT2D eigenvalue weighted by atomic mass is 16.5. The van der Waals surface area contributed by atoms with Crippen molar-refractivity contribution < 1.29 is 4.74 Å². The van der Waals surface area contributed by atoms with E-state index in [-0.39, 0.29) is 5.54 Å². The lowest BCUT2D eigenvalue weighted by Gasteiger charge is -2.45. The standard InChI is InChI=1S/C22H28N2O/c1-15-11-20-18(16(2)13-22(3,4)24(20)5)12-17(15)14-23-19-9-7-8-10-21(19)25-6/h7-12,14,16H,13H2,1-6H3/t16-/m1/s1. The average molecular weight is 336 g/mol. The van der Waals surface area contributed by atoms with E-state index in [0.717, 1.165) is 17.9 Å². The molecule has 3 nitrogen and oxygen atoms in total. The Bertz CT molecular complexity index is 808. The van der Waals surface area contributed by atoms with Crippen molar-refractivity contribution in [2.75, 3.05) is 19.1 Å². The number of hydrogen-bond donors (Lipinski definition) is 0. The van der Waals surface area contributed by atoms with Crippen LogP contribution in [0.5, 0.6) is 5.75 Å². The van der Waals surface area contributed by atoms with Crippen molar-refractivity contribution in [2.24, 2.45) is 4.99 Å². The Balaban J connectivity index is 2.00. The van der Waals surface area contributed by atoms with Crippen LogP contribution in [-0.2, 0) is 0 Å². The van der Waals surface area contributed by atoms with Gasteiger partial charge < -0.3 is 9.64 Å². The van der Waals surface area contributed by atoms with Crippen LogP contribution in [0.15, 0.2) is 41.4 Å². The molecule has 3 rings (SSSR count). The number of nitrogens with zero attached hydrogens (tertiary/aromatic N) is 2. The quantitative estimate of drug-likeness (QED) is 0.694. The third kappa shape index (κ3) is 3.28. The summed E-state index contributed by atoms with van der Waals surface area (Å²) in [6.07, 6.45) is 3.11. The molecule has 0 bridgehead atoms. The van der Waals surface area contributed by atoms with Crippen molar-refractivity contribution >= 4 is 17.6 Å². The minimum absolute atomic E-state index is 0.186. The summed E-state index contributed by atoms with van der Waals surface area (Å²) in [4.78, 5) is 7.08. The van der Waals surface area contributed by atoms with Gasteiger partial charge in [-0.3, -0.25) is 4.99 Å². The number of methoxy groups -OCH3 is 1. The zero-order chi connectivity index (χ0) is 18.2. The van der Waals surface area contributed by atoms with E-state index in [9.17, 15) is 0 Å². The Morgan fingerprint density at radius 3 is 2.68 bits per heavy atom. The predicted octanol–water partition coefficient (Wildman–Crippen LogP) is 5.48. The number of hydrogen-bond acceptors (Lipinski definition) is 3. The lowest BCUT2D eigenvalue weighted by Crippen LogP contribution is -2.45. The SMILES string of the molecule is COc1ccccc1N=Cc1cc2c(cc1C)N(C)C(C)(C)C[C@H]2C. The minimum Gasteiger partial charge on any atom is -0.494 e. The molecule has 0 saturated carbocycles. The van der Waals surface area contributed by atoms with Gasteiger partial charge in [-0.2, -0.15) is 0 Å². The predicted molar refractivity (Wildman–Crippen MR) is 107 cm³/mol. The summed E-state index contributed by atoms with van der Waals surface area (Å²) in [5.41, 5.74) is 6.21. The Morgan fingerprint density at radius 1 is 1.24 bits per heavy atom. The van der Waals surface area contributed by atoms with Gasteiger partial charge in [0, 0.05) is 24.5 Å². The molecule has 1 aliphatic rings. The van der Waals surface area contributed by atoms with Gasteiger partial charge >= 0.3 is 0 Å². The average Bonchev–Trinajstić information content (AvgIpc) is 2.58. The molecule has 1 atom stereocenters. The molecule has 0 amide bonds. The van der Waals surface area contributed by atoms with Crippen LogP contribution in [0, 0.1) is 6.92 Å². The van der Waals surface area contributed by atoms with Crippen molar-refractivity contribution in [3.63, 3.8) is 0 Å². The van der Waals surface area contributed by atoms with Gasteiger partial charge in [-0.05, 0) is 74.1 Å². The first-order chi connectivity index (χ1) is 11.8. The van der Waals surface area contributed by atoms with E-state index in [0.29, 0.717) is 5.92 Å². The van der Waals surface area contributed by atoms with Crippen LogP contribution >= 0.6 is 0 Å². The number of para-hydroxylation sites is 2. The zero-order valence-corrected chi connectivity index (χ0v) is 16.1. The van der Waals surface area contributed by atoms with Crippen LogP contribution < -0.4 is 9.64 Å². The first-order valence-electron chi connectivity index (χ1n) is 8.89. The highest BCUT2D eigenvalue weighted by Gasteiger charge is 2.34. The molecule has 0 saturated heterocycles. The third-order valence-corrected chi connectivity index (χ3v) is 5.45. The highest BCUT2D eigenvalue weighted by Crippen LogP contribution is 2.43. The summed E-state index contributed by atoms with van der Waals surface area (Å²) in [6, 6.07) is 12.5. The Hall–Kier alpha value is -2.29. The number of ether oxygens (including phenoxy) is 1. The zero-order valence-electron chi connectivity index (χ0n) is 16.1. The van der Waals surface area contributed by atoms with Gasteiger partial charge in [0.15, 0.2) is 0 Å². The van der Waals surface area contributed by atoms with Gasteiger partial charge in [-0.25, -0.2) is 0 Å². The second kappa shape index (κ2) is 6.55. The maximum Gasteiger partial charge on any atom is 0.144 e. The van der Waals surface area contributed by atoms with E-state index >= 15 is 0 Å². The number of fused-ring (bicyclic) bond motifs is 1. The molecule has 132 valence electrons. The second-order valence-corrected chi connectivity index (χ2v) is 7.67. The van der Waals surface area contributed by atoms with Gasteiger partial charge in [-0.15, -0.1) is 0 Å². The van der Waals surface area contributed by atoms with Crippen LogP contribution in [-0.4, -0.2) is 25.9 Å². The highest BCUT2D eigenvalue weighted by molar-refractivity contribution is 5.86. The fourth-order valence-electron chi connectivity index (χ4n) is 3.75. The number of anilines is 1. The van der Waals surface area contributed by atoms with E-state index in [2.05, 4.69) is 56.8 Å². The van der Waals surface area contributed by atoms with Crippen LogP contribution in [0.2, 0.25) is 0 Å². The fraction of sp³-hybridized carbons (Fsp3) is 0.409. The molecule has 0 aromatic heterocycles. The van der Waals surface area contributed by atoms with Gasteiger partial charge in [0.25, 0.3) is 0 Å². The molecule has 0 N–H and O–H groups in total. The summed E-state index contributed by atoms with van der Waals surface area (Å²) in [7, 11) is 3.88.